The maximum atomic E-state index is 6.11. The lowest BCUT2D eigenvalue weighted by molar-refractivity contribution is 0.397. The minimum atomic E-state index is 0.235. The van der Waals surface area contributed by atoms with E-state index in [1.165, 1.54) is 11.1 Å². The van der Waals surface area contributed by atoms with E-state index in [2.05, 4.69) is 29.4 Å². The van der Waals surface area contributed by atoms with E-state index in [1.54, 1.807) is 7.11 Å². The highest BCUT2D eigenvalue weighted by molar-refractivity contribution is 6.30. The van der Waals surface area contributed by atoms with Gasteiger partial charge in [-0.1, -0.05) is 36.7 Å². The van der Waals surface area contributed by atoms with Gasteiger partial charge in [-0.15, -0.1) is 0 Å². The average Bonchev–Trinajstić information content (AvgIpc) is 2.52. The number of nitrogens with one attached hydrogen (secondary N) is 1. The van der Waals surface area contributed by atoms with Gasteiger partial charge in [0.25, 0.3) is 0 Å². The maximum Gasteiger partial charge on any atom is 0.212 e. The second-order valence-corrected chi connectivity index (χ2v) is 5.41. The maximum absolute atomic E-state index is 6.11. The summed E-state index contributed by atoms with van der Waals surface area (Å²) in [5, 5.41) is 4.34. The summed E-state index contributed by atoms with van der Waals surface area (Å²) in [7, 11) is 1.62. The molecular weight excluding hydrogens is 284 g/mol. The van der Waals surface area contributed by atoms with Crippen LogP contribution in [0, 0.1) is 0 Å². The summed E-state index contributed by atoms with van der Waals surface area (Å²) >= 11 is 6.11. The molecule has 0 saturated heterocycles. The van der Waals surface area contributed by atoms with Crippen LogP contribution < -0.4 is 10.1 Å². The zero-order valence-corrected chi connectivity index (χ0v) is 13.2. The number of nitrogens with zero attached hydrogens (tertiary/aromatic N) is 1. The summed E-state index contributed by atoms with van der Waals surface area (Å²) in [5.74, 6) is 0.638. The molecule has 0 fully saturated rings. The van der Waals surface area contributed by atoms with Crippen LogP contribution in [0.1, 0.15) is 30.5 Å². The van der Waals surface area contributed by atoms with E-state index < -0.39 is 0 Å². The Morgan fingerprint density at radius 1 is 1.29 bits per heavy atom. The molecule has 112 valence electrons. The van der Waals surface area contributed by atoms with Crippen LogP contribution in [0.2, 0.25) is 5.02 Å². The van der Waals surface area contributed by atoms with Crippen molar-refractivity contribution in [3.63, 3.8) is 0 Å². The predicted molar refractivity (Wildman–Crippen MR) is 87.0 cm³/mol. The van der Waals surface area contributed by atoms with Gasteiger partial charge in [0.05, 0.1) is 7.11 Å². The standard InChI is InChI=1S/C17H21ClN2O/c1-3-9-19-16(14-5-4-6-15(18)11-14)10-13-7-8-17(21-2)20-12-13/h4-8,11-12,16,19H,3,9-10H2,1-2H3. The van der Waals surface area contributed by atoms with Gasteiger partial charge in [0, 0.05) is 23.3 Å². The first-order valence-corrected chi connectivity index (χ1v) is 7.58. The van der Waals surface area contributed by atoms with Gasteiger partial charge in [0.15, 0.2) is 0 Å². The molecule has 1 N–H and O–H groups in total. The first-order chi connectivity index (χ1) is 10.2. The fourth-order valence-electron chi connectivity index (χ4n) is 2.24. The molecule has 2 rings (SSSR count). The Labute approximate surface area is 131 Å². The molecule has 1 aromatic heterocycles. The molecule has 1 aromatic carbocycles. The lowest BCUT2D eigenvalue weighted by Crippen LogP contribution is -2.24. The summed E-state index contributed by atoms with van der Waals surface area (Å²) in [6.07, 6.45) is 3.83. The molecule has 1 unspecified atom stereocenters. The molecule has 1 heterocycles. The van der Waals surface area contributed by atoms with E-state index in [9.17, 15) is 0 Å². The van der Waals surface area contributed by atoms with Gasteiger partial charge in [-0.05, 0) is 42.6 Å². The molecule has 1 atom stereocenters. The SMILES string of the molecule is CCCNC(Cc1ccc(OC)nc1)c1cccc(Cl)c1. The minimum absolute atomic E-state index is 0.235. The molecule has 2 aromatic rings. The van der Waals surface area contributed by atoms with E-state index in [-0.39, 0.29) is 6.04 Å². The van der Waals surface area contributed by atoms with Gasteiger partial charge in [-0.25, -0.2) is 4.98 Å². The fourth-order valence-corrected chi connectivity index (χ4v) is 2.44. The molecule has 0 bridgehead atoms. The Morgan fingerprint density at radius 2 is 2.14 bits per heavy atom. The average molecular weight is 305 g/mol. The van der Waals surface area contributed by atoms with Crippen molar-refractivity contribution in [2.45, 2.75) is 25.8 Å². The topological polar surface area (TPSA) is 34.1 Å². The predicted octanol–water partition coefficient (Wildman–Crippen LogP) is 4.03. The highest BCUT2D eigenvalue weighted by Crippen LogP contribution is 2.22. The summed E-state index contributed by atoms with van der Waals surface area (Å²) in [5.41, 5.74) is 2.37. The smallest absolute Gasteiger partial charge is 0.212 e. The van der Waals surface area contributed by atoms with Gasteiger partial charge in [0.1, 0.15) is 0 Å². The zero-order chi connectivity index (χ0) is 15.1. The molecule has 0 radical (unpaired) electrons. The van der Waals surface area contributed by atoms with Crippen LogP contribution in [0.5, 0.6) is 5.88 Å². The number of ether oxygens (including phenoxy) is 1. The second-order valence-electron chi connectivity index (χ2n) is 4.97. The first kappa shape index (κ1) is 15.8. The quantitative estimate of drug-likeness (QED) is 0.838. The summed E-state index contributed by atoms with van der Waals surface area (Å²) < 4.78 is 5.10. The van der Waals surface area contributed by atoms with Crippen LogP contribution >= 0.6 is 11.6 Å². The highest BCUT2D eigenvalue weighted by Gasteiger charge is 2.12. The summed E-state index contributed by atoms with van der Waals surface area (Å²) in [4.78, 5) is 4.27. The Kier molecular flexibility index (Phi) is 6.03. The van der Waals surface area contributed by atoms with Gasteiger partial charge in [-0.3, -0.25) is 0 Å². The van der Waals surface area contributed by atoms with Gasteiger partial charge in [0.2, 0.25) is 5.88 Å². The van der Waals surface area contributed by atoms with E-state index in [4.69, 9.17) is 16.3 Å². The first-order valence-electron chi connectivity index (χ1n) is 7.20. The van der Waals surface area contributed by atoms with Crippen LogP contribution in [-0.2, 0) is 6.42 Å². The summed E-state index contributed by atoms with van der Waals surface area (Å²) in [6, 6.07) is 12.2. The van der Waals surface area contributed by atoms with Gasteiger partial charge >= 0.3 is 0 Å². The zero-order valence-electron chi connectivity index (χ0n) is 12.5. The fraction of sp³-hybridized carbons (Fsp3) is 0.353. The molecule has 3 nitrogen and oxygen atoms in total. The molecule has 0 aliphatic carbocycles. The third-order valence-corrected chi connectivity index (χ3v) is 3.57. The number of methoxy groups -OCH3 is 1. The normalized spacial score (nSPS) is 12.1. The number of benzene rings is 1. The highest BCUT2D eigenvalue weighted by atomic mass is 35.5. The Bertz CT molecular complexity index is 557. The van der Waals surface area contributed by atoms with Crippen molar-refractivity contribution >= 4 is 11.6 Å². The van der Waals surface area contributed by atoms with Gasteiger partial charge in [-0.2, -0.15) is 0 Å². The van der Waals surface area contributed by atoms with Crippen LogP contribution in [0.4, 0.5) is 0 Å². The lowest BCUT2D eigenvalue weighted by atomic mass is 9.99. The third kappa shape index (κ3) is 4.73. The molecule has 0 spiro atoms. The molecule has 4 heteroatoms. The van der Waals surface area contributed by atoms with Crippen LogP contribution in [0.15, 0.2) is 42.6 Å². The molecule has 0 aliphatic rings. The van der Waals surface area contributed by atoms with Crippen molar-refractivity contribution in [3.8, 4) is 5.88 Å². The van der Waals surface area contributed by atoms with Crippen molar-refractivity contribution in [1.82, 2.24) is 10.3 Å². The van der Waals surface area contributed by atoms with E-state index >= 15 is 0 Å². The largest absolute Gasteiger partial charge is 0.481 e. The van der Waals surface area contributed by atoms with Crippen LogP contribution in [0.3, 0.4) is 0 Å². The molecule has 0 saturated carbocycles. The van der Waals surface area contributed by atoms with Crippen LogP contribution in [0.25, 0.3) is 0 Å². The number of hydrogen-bond acceptors (Lipinski definition) is 3. The second kappa shape index (κ2) is 8.01. The van der Waals surface area contributed by atoms with Gasteiger partial charge < -0.3 is 10.1 Å². The van der Waals surface area contributed by atoms with Crippen molar-refractivity contribution < 1.29 is 4.74 Å². The molecule has 21 heavy (non-hydrogen) atoms. The summed E-state index contributed by atoms with van der Waals surface area (Å²) in [6.45, 7) is 3.14. The van der Waals surface area contributed by atoms with E-state index in [1.807, 2.05) is 30.5 Å². The van der Waals surface area contributed by atoms with E-state index in [0.717, 1.165) is 24.4 Å². The number of aromatic nitrogens is 1. The van der Waals surface area contributed by atoms with Crippen LogP contribution in [-0.4, -0.2) is 18.6 Å². The molecule has 0 amide bonds. The lowest BCUT2D eigenvalue weighted by Gasteiger charge is -2.19. The number of pyridine rings is 1. The Hall–Kier alpha value is -1.58. The molecular formula is C17H21ClN2O. The monoisotopic (exact) mass is 304 g/mol. The number of hydrogen-bond donors (Lipinski definition) is 1. The van der Waals surface area contributed by atoms with E-state index in [0.29, 0.717) is 5.88 Å². The Morgan fingerprint density at radius 3 is 2.76 bits per heavy atom. The third-order valence-electron chi connectivity index (χ3n) is 3.34. The van der Waals surface area contributed by atoms with Crippen molar-refractivity contribution in [2.24, 2.45) is 0 Å². The molecule has 0 aliphatic heterocycles. The van der Waals surface area contributed by atoms with Crippen molar-refractivity contribution in [3.05, 3.63) is 58.7 Å². The number of rotatable bonds is 7. The number of halogens is 1. The van der Waals surface area contributed by atoms with Crippen molar-refractivity contribution in [1.29, 1.82) is 0 Å². The Balaban J connectivity index is 2.15. The minimum Gasteiger partial charge on any atom is -0.481 e. The van der Waals surface area contributed by atoms with Crippen molar-refractivity contribution in [2.75, 3.05) is 13.7 Å².